The van der Waals surface area contributed by atoms with Crippen molar-refractivity contribution in [2.24, 2.45) is 0 Å². The van der Waals surface area contributed by atoms with E-state index in [0.29, 0.717) is 19.5 Å². The number of carboxylic acid groups (broad SMARTS) is 1. The molecule has 0 aliphatic carbocycles. The standard InChI is InChI=1S/C10H18N2O3/c1-2-7-11-10(15)12-8-5-3-4-6-9(13)14/h2H,1,3-8H2,(H,13,14)(H2,11,12,15). The van der Waals surface area contributed by atoms with Gasteiger partial charge < -0.3 is 15.7 Å². The number of unbranched alkanes of at least 4 members (excludes halogenated alkanes) is 2. The highest BCUT2D eigenvalue weighted by Crippen LogP contribution is 1.98. The van der Waals surface area contributed by atoms with Gasteiger partial charge >= 0.3 is 12.0 Å². The zero-order chi connectivity index (χ0) is 11.5. The SMILES string of the molecule is C=CCNC(=O)NCCCCCC(=O)O. The van der Waals surface area contributed by atoms with Crippen molar-refractivity contribution in [2.75, 3.05) is 13.1 Å². The van der Waals surface area contributed by atoms with Crippen molar-refractivity contribution < 1.29 is 14.7 Å². The van der Waals surface area contributed by atoms with E-state index in [0.717, 1.165) is 12.8 Å². The van der Waals surface area contributed by atoms with Gasteiger partial charge in [0.05, 0.1) is 0 Å². The van der Waals surface area contributed by atoms with E-state index >= 15 is 0 Å². The second kappa shape index (κ2) is 9.05. The summed E-state index contributed by atoms with van der Waals surface area (Å²) in [5, 5.41) is 13.6. The number of hydrogen-bond acceptors (Lipinski definition) is 2. The Morgan fingerprint density at radius 2 is 1.93 bits per heavy atom. The van der Waals surface area contributed by atoms with Gasteiger partial charge in [0.1, 0.15) is 0 Å². The molecule has 0 radical (unpaired) electrons. The average molecular weight is 214 g/mol. The molecule has 0 unspecified atom stereocenters. The first-order chi connectivity index (χ1) is 7.16. The van der Waals surface area contributed by atoms with Crippen molar-refractivity contribution >= 4 is 12.0 Å². The first kappa shape index (κ1) is 13.5. The van der Waals surface area contributed by atoms with E-state index in [-0.39, 0.29) is 12.5 Å². The zero-order valence-corrected chi connectivity index (χ0v) is 8.79. The molecule has 0 rings (SSSR count). The molecule has 0 saturated heterocycles. The molecular weight excluding hydrogens is 196 g/mol. The fraction of sp³-hybridized carbons (Fsp3) is 0.600. The van der Waals surface area contributed by atoms with Crippen molar-refractivity contribution in [3.63, 3.8) is 0 Å². The maximum atomic E-state index is 11.0. The summed E-state index contributed by atoms with van der Waals surface area (Å²) in [6.45, 7) is 4.49. The van der Waals surface area contributed by atoms with Crippen LogP contribution in [-0.4, -0.2) is 30.2 Å². The van der Waals surface area contributed by atoms with Gasteiger partial charge in [0.25, 0.3) is 0 Å². The van der Waals surface area contributed by atoms with Gasteiger partial charge in [-0.15, -0.1) is 6.58 Å². The largest absolute Gasteiger partial charge is 0.481 e. The smallest absolute Gasteiger partial charge is 0.315 e. The Hall–Kier alpha value is -1.52. The molecule has 2 amide bonds. The first-order valence-corrected chi connectivity index (χ1v) is 5.01. The van der Waals surface area contributed by atoms with Crippen molar-refractivity contribution in [1.82, 2.24) is 10.6 Å². The molecule has 3 N–H and O–H groups in total. The van der Waals surface area contributed by atoms with Crippen molar-refractivity contribution in [3.05, 3.63) is 12.7 Å². The number of carboxylic acids is 1. The number of amides is 2. The average Bonchev–Trinajstić information content (AvgIpc) is 2.19. The summed E-state index contributed by atoms with van der Waals surface area (Å²) in [5.74, 6) is -0.772. The molecular formula is C10H18N2O3. The van der Waals surface area contributed by atoms with Gasteiger partial charge in [-0.25, -0.2) is 4.79 Å². The minimum Gasteiger partial charge on any atom is -0.481 e. The van der Waals surface area contributed by atoms with E-state index < -0.39 is 5.97 Å². The Kier molecular flexibility index (Phi) is 8.13. The lowest BCUT2D eigenvalue weighted by atomic mass is 10.2. The van der Waals surface area contributed by atoms with E-state index in [1.54, 1.807) is 6.08 Å². The molecule has 0 atom stereocenters. The van der Waals surface area contributed by atoms with Crippen LogP contribution in [0.25, 0.3) is 0 Å². The van der Waals surface area contributed by atoms with Crippen LogP contribution >= 0.6 is 0 Å². The predicted molar refractivity (Wildman–Crippen MR) is 57.7 cm³/mol. The number of nitrogens with one attached hydrogen (secondary N) is 2. The quantitative estimate of drug-likeness (QED) is 0.418. The molecule has 0 spiro atoms. The van der Waals surface area contributed by atoms with Crippen LogP contribution in [0.5, 0.6) is 0 Å². The van der Waals surface area contributed by atoms with Crippen LogP contribution in [0.4, 0.5) is 4.79 Å². The summed E-state index contributed by atoms with van der Waals surface area (Å²) in [5.41, 5.74) is 0. The number of aliphatic carboxylic acids is 1. The fourth-order valence-electron chi connectivity index (χ4n) is 1.01. The maximum Gasteiger partial charge on any atom is 0.315 e. The maximum absolute atomic E-state index is 11.0. The minimum absolute atomic E-state index is 0.197. The molecule has 5 nitrogen and oxygen atoms in total. The summed E-state index contributed by atoms with van der Waals surface area (Å²) < 4.78 is 0. The number of hydrogen-bond donors (Lipinski definition) is 3. The molecule has 0 aromatic rings. The van der Waals surface area contributed by atoms with Crippen LogP contribution in [0.3, 0.4) is 0 Å². The molecule has 0 aliphatic rings. The van der Waals surface area contributed by atoms with Crippen molar-refractivity contribution in [3.8, 4) is 0 Å². The Morgan fingerprint density at radius 3 is 2.53 bits per heavy atom. The van der Waals surface area contributed by atoms with Crippen LogP contribution in [0.2, 0.25) is 0 Å². The summed E-state index contributed by atoms with van der Waals surface area (Å²) in [4.78, 5) is 21.1. The number of carbonyl (C=O) groups is 2. The second-order valence-electron chi connectivity index (χ2n) is 3.13. The molecule has 0 heterocycles. The van der Waals surface area contributed by atoms with Crippen molar-refractivity contribution in [1.29, 1.82) is 0 Å². The lowest BCUT2D eigenvalue weighted by Gasteiger charge is -2.04. The van der Waals surface area contributed by atoms with Crippen LogP contribution < -0.4 is 10.6 Å². The normalized spacial score (nSPS) is 9.33. The van der Waals surface area contributed by atoms with E-state index in [4.69, 9.17) is 5.11 Å². The summed E-state index contributed by atoms with van der Waals surface area (Å²) in [7, 11) is 0. The number of rotatable bonds is 8. The Labute approximate surface area is 89.6 Å². The highest BCUT2D eigenvalue weighted by molar-refractivity contribution is 5.73. The topological polar surface area (TPSA) is 78.4 Å². The minimum atomic E-state index is -0.772. The van der Waals surface area contributed by atoms with Crippen LogP contribution in [-0.2, 0) is 4.79 Å². The number of carbonyl (C=O) groups excluding carboxylic acids is 1. The molecule has 0 aromatic carbocycles. The van der Waals surface area contributed by atoms with E-state index in [1.165, 1.54) is 0 Å². The molecule has 0 aliphatic heterocycles. The Morgan fingerprint density at radius 1 is 1.20 bits per heavy atom. The van der Waals surface area contributed by atoms with Crippen LogP contribution in [0.1, 0.15) is 25.7 Å². The van der Waals surface area contributed by atoms with Gasteiger partial charge in [0.2, 0.25) is 0 Å². The van der Waals surface area contributed by atoms with Crippen molar-refractivity contribution in [2.45, 2.75) is 25.7 Å². The molecule has 0 fully saturated rings. The Balaban J connectivity index is 3.19. The lowest BCUT2D eigenvalue weighted by molar-refractivity contribution is -0.137. The monoisotopic (exact) mass is 214 g/mol. The van der Waals surface area contributed by atoms with Gasteiger partial charge in [-0.1, -0.05) is 12.5 Å². The number of urea groups is 1. The van der Waals surface area contributed by atoms with Gasteiger partial charge in [0.15, 0.2) is 0 Å². The van der Waals surface area contributed by atoms with E-state index in [9.17, 15) is 9.59 Å². The molecule has 86 valence electrons. The zero-order valence-electron chi connectivity index (χ0n) is 8.79. The summed E-state index contributed by atoms with van der Waals surface area (Å²) in [6.07, 6.45) is 4.07. The summed E-state index contributed by atoms with van der Waals surface area (Å²) >= 11 is 0. The molecule has 15 heavy (non-hydrogen) atoms. The third-order valence-electron chi connectivity index (χ3n) is 1.76. The van der Waals surface area contributed by atoms with E-state index in [1.807, 2.05) is 0 Å². The van der Waals surface area contributed by atoms with Crippen LogP contribution in [0.15, 0.2) is 12.7 Å². The fourth-order valence-corrected chi connectivity index (χ4v) is 1.01. The second-order valence-corrected chi connectivity index (χ2v) is 3.13. The third-order valence-corrected chi connectivity index (χ3v) is 1.76. The van der Waals surface area contributed by atoms with Gasteiger partial charge in [-0.05, 0) is 12.8 Å². The molecule has 0 bridgehead atoms. The molecule has 0 aromatic heterocycles. The van der Waals surface area contributed by atoms with E-state index in [2.05, 4.69) is 17.2 Å². The van der Waals surface area contributed by atoms with Crippen LogP contribution in [0, 0.1) is 0 Å². The Bertz CT molecular complexity index is 217. The van der Waals surface area contributed by atoms with Gasteiger partial charge in [0, 0.05) is 19.5 Å². The third kappa shape index (κ3) is 10.4. The highest BCUT2D eigenvalue weighted by Gasteiger charge is 1.98. The molecule has 0 saturated carbocycles. The first-order valence-electron chi connectivity index (χ1n) is 5.01. The summed E-state index contributed by atoms with van der Waals surface area (Å²) in [6, 6.07) is -0.215. The lowest BCUT2D eigenvalue weighted by Crippen LogP contribution is -2.35. The molecule has 5 heteroatoms. The van der Waals surface area contributed by atoms with Gasteiger partial charge in [-0.2, -0.15) is 0 Å². The highest BCUT2D eigenvalue weighted by atomic mass is 16.4. The predicted octanol–water partition coefficient (Wildman–Crippen LogP) is 1.12. The van der Waals surface area contributed by atoms with Gasteiger partial charge in [-0.3, -0.25) is 4.79 Å².